The molecule has 3 aliphatic heterocycles. The van der Waals surface area contributed by atoms with E-state index in [4.69, 9.17) is 14.2 Å². The van der Waals surface area contributed by atoms with E-state index in [0.717, 1.165) is 29.8 Å². The molecular formula is C36H51N3O8. The zero-order valence-corrected chi connectivity index (χ0v) is 28.3. The number of amides is 2. The molecule has 0 spiro atoms. The number of likely N-dealkylation sites (N-methyl/N-ethyl adjacent to an activating group) is 1. The number of cyclic esters (lactones) is 1. The molecule has 1 aromatic rings. The maximum Gasteiger partial charge on any atom is 0.410 e. The van der Waals surface area contributed by atoms with Crippen LogP contribution in [0.1, 0.15) is 58.1 Å². The van der Waals surface area contributed by atoms with Crippen molar-refractivity contribution in [2.24, 2.45) is 11.8 Å². The van der Waals surface area contributed by atoms with Crippen LogP contribution in [0.15, 0.2) is 60.2 Å². The molecule has 3 heterocycles. The van der Waals surface area contributed by atoms with Crippen molar-refractivity contribution in [2.45, 2.75) is 84.0 Å². The van der Waals surface area contributed by atoms with E-state index in [-0.39, 0.29) is 43.8 Å². The average Bonchev–Trinajstić information content (AvgIpc) is 3.47. The number of piperazine rings is 1. The second kappa shape index (κ2) is 16.4. The molecule has 0 radical (unpaired) electrons. The van der Waals surface area contributed by atoms with Crippen LogP contribution in [0.25, 0.3) is 0 Å². The molecule has 1 saturated heterocycles. The SMILES string of the molecule is C/C(=C\C=C\[C@@H](C)COC(=O)N1Cc2ccccc2C1)[C@H]1OC(=O)C[C@H](O)CC[C@@](C)(O)[C@@H](OC(=O)N2CCN(C)CC2)/C=C/[C@@H]1C. The number of allylic oxidation sites excluding steroid dienone is 2. The summed E-state index contributed by atoms with van der Waals surface area (Å²) < 4.78 is 17.3. The predicted octanol–water partition coefficient (Wildman–Crippen LogP) is 4.43. The monoisotopic (exact) mass is 653 g/mol. The summed E-state index contributed by atoms with van der Waals surface area (Å²) in [5.74, 6) is -0.942. The Kier molecular flexibility index (Phi) is 12.6. The van der Waals surface area contributed by atoms with Crippen molar-refractivity contribution in [2.75, 3.05) is 39.8 Å². The minimum absolute atomic E-state index is 0.0581. The maximum absolute atomic E-state index is 13.0. The lowest BCUT2D eigenvalue weighted by molar-refractivity contribution is -0.151. The molecule has 6 atom stereocenters. The van der Waals surface area contributed by atoms with E-state index in [1.165, 1.54) is 0 Å². The fourth-order valence-electron chi connectivity index (χ4n) is 5.93. The molecule has 0 saturated carbocycles. The Morgan fingerprint density at radius 1 is 1.09 bits per heavy atom. The Hall–Kier alpha value is -3.67. The summed E-state index contributed by atoms with van der Waals surface area (Å²) in [4.78, 5) is 43.9. The van der Waals surface area contributed by atoms with Gasteiger partial charge in [0.25, 0.3) is 0 Å². The molecule has 4 rings (SSSR count). The van der Waals surface area contributed by atoms with E-state index >= 15 is 0 Å². The van der Waals surface area contributed by atoms with Gasteiger partial charge in [0.1, 0.15) is 11.7 Å². The van der Waals surface area contributed by atoms with E-state index in [9.17, 15) is 24.6 Å². The van der Waals surface area contributed by atoms with Crippen LogP contribution in [0.2, 0.25) is 0 Å². The van der Waals surface area contributed by atoms with Gasteiger partial charge in [-0.15, -0.1) is 0 Å². The van der Waals surface area contributed by atoms with Crippen molar-refractivity contribution in [1.82, 2.24) is 14.7 Å². The van der Waals surface area contributed by atoms with Crippen molar-refractivity contribution in [3.05, 3.63) is 71.3 Å². The zero-order valence-electron chi connectivity index (χ0n) is 28.3. The largest absolute Gasteiger partial charge is 0.457 e. The van der Waals surface area contributed by atoms with Gasteiger partial charge >= 0.3 is 18.2 Å². The van der Waals surface area contributed by atoms with Gasteiger partial charge in [-0.05, 0) is 56.5 Å². The van der Waals surface area contributed by atoms with Gasteiger partial charge in [0.05, 0.1) is 19.1 Å². The smallest absolute Gasteiger partial charge is 0.410 e. The Morgan fingerprint density at radius 3 is 2.40 bits per heavy atom. The number of aliphatic hydroxyl groups is 2. The normalized spacial score (nSPS) is 29.3. The molecule has 3 aliphatic rings. The first-order valence-electron chi connectivity index (χ1n) is 16.6. The minimum atomic E-state index is -1.47. The molecule has 0 unspecified atom stereocenters. The summed E-state index contributed by atoms with van der Waals surface area (Å²) in [6.45, 7) is 11.1. The lowest BCUT2D eigenvalue weighted by Crippen LogP contribution is -2.50. The number of esters is 1. The Morgan fingerprint density at radius 2 is 1.74 bits per heavy atom. The average molecular weight is 654 g/mol. The molecule has 0 bridgehead atoms. The van der Waals surface area contributed by atoms with E-state index in [0.29, 0.717) is 26.2 Å². The van der Waals surface area contributed by atoms with Crippen molar-refractivity contribution < 1.29 is 38.8 Å². The molecule has 1 fully saturated rings. The van der Waals surface area contributed by atoms with Gasteiger partial charge in [-0.3, -0.25) is 9.69 Å². The van der Waals surface area contributed by atoms with Crippen LogP contribution >= 0.6 is 0 Å². The van der Waals surface area contributed by atoms with Crippen LogP contribution in [0.3, 0.4) is 0 Å². The highest BCUT2D eigenvalue weighted by Gasteiger charge is 2.37. The van der Waals surface area contributed by atoms with Crippen LogP contribution in [0, 0.1) is 11.8 Å². The Bertz CT molecular complexity index is 1310. The summed E-state index contributed by atoms with van der Waals surface area (Å²) in [5.41, 5.74) is 1.56. The van der Waals surface area contributed by atoms with Gasteiger partial charge in [0, 0.05) is 51.1 Å². The van der Waals surface area contributed by atoms with Gasteiger partial charge in [-0.1, -0.05) is 62.4 Å². The first-order chi connectivity index (χ1) is 22.3. The molecule has 0 aromatic heterocycles. The van der Waals surface area contributed by atoms with Crippen molar-refractivity contribution in [1.29, 1.82) is 0 Å². The fourth-order valence-corrected chi connectivity index (χ4v) is 5.93. The van der Waals surface area contributed by atoms with E-state index in [1.54, 1.807) is 28.9 Å². The standard InChI is InChI=1S/C36H51N3O8/c1-25(24-45-34(42)39-22-28-11-6-7-12-29(28)23-39)9-8-10-26(2)33-27(3)13-14-31(46-35(43)38-19-17-37(5)18-20-38)36(4,44)16-15-30(40)21-32(41)47-33/h6-14,25,27,30-31,33,40,44H,15-24H2,1-5H3/b9-8+,14-13+,26-10+/t25-,27+,30-,31+,33-,36-/m1/s1. The van der Waals surface area contributed by atoms with E-state index in [2.05, 4.69) is 4.90 Å². The number of rotatable bonds is 6. The maximum atomic E-state index is 13.0. The highest BCUT2D eigenvalue weighted by Crippen LogP contribution is 2.28. The van der Waals surface area contributed by atoms with Crippen molar-refractivity contribution >= 4 is 18.2 Å². The third-order valence-electron chi connectivity index (χ3n) is 9.13. The van der Waals surface area contributed by atoms with E-state index in [1.807, 2.05) is 70.3 Å². The molecule has 11 heteroatoms. The first-order valence-corrected chi connectivity index (χ1v) is 16.6. The number of hydrogen-bond donors (Lipinski definition) is 2. The number of fused-ring (bicyclic) bond motifs is 1. The second-order valence-corrected chi connectivity index (χ2v) is 13.5. The number of aliphatic hydroxyl groups excluding tert-OH is 1. The third kappa shape index (κ3) is 10.4. The fraction of sp³-hybridized carbons (Fsp3) is 0.583. The number of hydrogen-bond acceptors (Lipinski definition) is 9. The summed E-state index contributed by atoms with van der Waals surface area (Å²) in [6, 6.07) is 7.97. The number of benzene rings is 1. The summed E-state index contributed by atoms with van der Waals surface area (Å²) in [7, 11) is 2.00. The molecule has 1 aromatic carbocycles. The van der Waals surface area contributed by atoms with Crippen LogP contribution in [0.4, 0.5) is 9.59 Å². The number of nitrogens with zero attached hydrogens (tertiary/aromatic N) is 3. The predicted molar refractivity (Wildman–Crippen MR) is 177 cm³/mol. The number of carbonyl (C=O) groups is 3. The minimum Gasteiger partial charge on any atom is -0.457 e. The summed E-state index contributed by atoms with van der Waals surface area (Å²) in [6.07, 6.45) is 5.59. The molecule has 2 amide bonds. The molecule has 258 valence electrons. The van der Waals surface area contributed by atoms with Gasteiger partial charge < -0.3 is 34.2 Å². The zero-order chi connectivity index (χ0) is 34.1. The van der Waals surface area contributed by atoms with Crippen molar-refractivity contribution in [3.63, 3.8) is 0 Å². The lowest BCUT2D eigenvalue weighted by atomic mass is 9.89. The topological polar surface area (TPSA) is 129 Å². The molecule has 0 aliphatic carbocycles. The van der Waals surface area contributed by atoms with Crippen molar-refractivity contribution in [3.8, 4) is 0 Å². The summed E-state index contributed by atoms with van der Waals surface area (Å²) >= 11 is 0. The second-order valence-electron chi connectivity index (χ2n) is 13.5. The molecular weight excluding hydrogens is 602 g/mol. The van der Waals surface area contributed by atoms with Crippen LogP contribution in [-0.4, -0.2) is 107 Å². The van der Waals surface area contributed by atoms with Gasteiger partial charge in [0.15, 0.2) is 6.10 Å². The first kappa shape index (κ1) is 36.2. The van der Waals surface area contributed by atoms with Crippen LogP contribution < -0.4 is 0 Å². The Labute approximate surface area is 278 Å². The quantitative estimate of drug-likeness (QED) is 0.198. The lowest BCUT2D eigenvalue weighted by Gasteiger charge is -2.36. The highest BCUT2D eigenvalue weighted by molar-refractivity contribution is 5.71. The van der Waals surface area contributed by atoms with E-state index < -0.39 is 36.0 Å². The van der Waals surface area contributed by atoms with Crippen LogP contribution in [0.5, 0.6) is 0 Å². The number of carbonyl (C=O) groups excluding carboxylic acids is 3. The number of ether oxygens (including phenoxy) is 3. The molecule has 2 N–H and O–H groups in total. The van der Waals surface area contributed by atoms with Gasteiger partial charge in [-0.25, -0.2) is 9.59 Å². The third-order valence-corrected chi connectivity index (χ3v) is 9.13. The Balaban J connectivity index is 1.40. The van der Waals surface area contributed by atoms with Gasteiger partial charge in [-0.2, -0.15) is 0 Å². The van der Waals surface area contributed by atoms with Crippen LogP contribution in [-0.2, 0) is 32.1 Å². The molecule has 47 heavy (non-hydrogen) atoms. The van der Waals surface area contributed by atoms with Gasteiger partial charge in [0.2, 0.25) is 0 Å². The highest BCUT2D eigenvalue weighted by atomic mass is 16.6. The molecule has 11 nitrogen and oxygen atoms in total. The summed E-state index contributed by atoms with van der Waals surface area (Å²) in [5, 5.41) is 21.9.